The number of nitrogens with zero attached hydrogens (tertiary/aromatic N) is 2. The number of hydrogen-bond acceptors (Lipinski definition) is 5. The number of amides is 1. The second kappa shape index (κ2) is 9.08. The number of thioether (sulfide) groups is 1. The molecule has 1 N–H and O–H groups in total. The highest BCUT2D eigenvalue weighted by atomic mass is 35.5. The Kier molecular flexibility index (Phi) is 6.46. The summed E-state index contributed by atoms with van der Waals surface area (Å²) in [6.45, 7) is 0.129. The van der Waals surface area contributed by atoms with Gasteiger partial charge in [0.25, 0.3) is 5.56 Å². The summed E-state index contributed by atoms with van der Waals surface area (Å²) in [5.41, 5.74) is 1.43. The minimum atomic E-state index is -0.415. The molecule has 0 radical (unpaired) electrons. The number of nitrogens with one attached hydrogen (secondary N) is 1. The third kappa shape index (κ3) is 4.40. The van der Waals surface area contributed by atoms with Gasteiger partial charge in [-0.3, -0.25) is 9.59 Å². The van der Waals surface area contributed by atoms with Gasteiger partial charge >= 0.3 is 0 Å². The molecule has 158 valence electrons. The van der Waals surface area contributed by atoms with Crippen molar-refractivity contribution in [3.8, 4) is 0 Å². The van der Waals surface area contributed by atoms with E-state index in [1.807, 2.05) is 0 Å². The predicted molar refractivity (Wildman–Crippen MR) is 121 cm³/mol. The Morgan fingerprint density at radius 3 is 3.03 bits per heavy atom. The first-order chi connectivity index (χ1) is 14.4. The van der Waals surface area contributed by atoms with Gasteiger partial charge in [-0.05, 0) is 37.0 Å². The van der Waals surface area contributed by atoms with Crippen LogP contribution in [-0.2, 0) is 29.9 Å². The number of fused-ring (bicyclic) bond motifs is 3. The van der Waals surface area contributed by atoms with Gasteiger partial charge in [0.05, 0.1) is 11.1 Å². The SMILES string of the molecule is CN(Cc1c(F)cccc1Cl)C(=O)CCSCc1nc2sc3c(c2c(=O)[nH]1)CCC3. The fraction of sp³-hybridized carbons (Fsp3) is 0.381. The van der Waals surface area contributed by atoms with Crippen LogP contribution >= 0.6 is 34.7 Å². The van der Waals surface area contributed by atoms with E-state index in [9.17, 15) is 14.0 Å². The van der Waals surface area contributed by atoms with Crippen LogP contribution in [0, 0.1) is 5.82 Å². The first-order valence-corrected chi connectivity index (χ1v) is 12.1. The summed E-state index contributed by atoms with van der Waals surface area (Å²) in [6, 6.07) is 4.49. The molecular formula is C21H21ClFN3O2S2. The lowest BCUT2D eigenvalue weighted by atomic mass is 10.2. The summed E-state index contributed by atoms with van der Waals surface area (Å²) in [5.74, 6) is 1.24. The Hall–Kier alpha value is -1.90. The maximum absolute atomic E-state index is 13.9. The monoisotopic (exact) mass is 465 g/mol. The van der Waals surface area contributed by atoms with Crippen LogP contribution in [0.5, 0.6) is 0 Å². The number of thiophene rings is 1. The highest BCUT2D eigenvalue weighted by Gasteiger charge is 2.21. The maximum atomic E-state index is 13.9. The number of halogens is 2. The van der Waals surface area contributed by atoms with Crippen molar-refractivity contribution in [3.05, 3.63) is 61.2 Å². The van der Waals surface area contributed by atoms with Crippen molar-refractivity contribution in [2.75, 3.05) is 12.8 Å². The first-order valence-electron chi connectivity index (χ1n) is 9.72. The fourth-order valence-corrected chi connectivity index (χ4v) is 5.94. The van der Waals surface area contributed by atoms with Crippen molar-refractivity contribution in [2.24, 2.45) is 0 Å². The molecule has 0 unspecified atom stereocenters. The van der Waals surface area contributed by atoms with Crippen molar-refractivity contribution < 1.29 is 9.18 Å². The molecule has 0 fully saturated rings. The topological polar surface area (TPSA) is 66.1 Å². The number of aromatic nitrogens is 2. The lowest BCUT2D eigenvalue weighted by Gasteiger charge is -2.18. The molecule has 0 bridgehead atoms. The van der Waals surface area contributed by atoms with E-state index in [4.69, 9.17) is 11.6 Å². The number of hydrogen-bond donors (Lipinski definition) is 1. The van der Waals surface area contributed by atoms with E-state index in [1.165, 1.54) is 33.2 Å². The number of carbonyl (C=O) groups excluding carboxylic acids is 1. The third-order valence-electron chi connectivity index (χ3n) is 5.21. The molecule has 9 heteroatoms. The smallest absolute Gasteiger partial charge is 0.259 e. The molecule has 0 aliphatic heterocycles. The zero-order valence-corrected chi connectivity index (χ0v) is 18.9. The lowest BCUT2D eigenvalue weighted by molar-refractivity contribution is -0.129. The van der Waals surface area contributed by atoms with Gasteiger partial charge in [-0.1, -0.05) is 17.7 Å². The molecule has 2 aromatic heterocycles. The Morgan fingerprint density at radius 2 is 2.23 bits per heavy atom. The average Bonchev–Trinajstić information content (AvgIpc) is 3.28. The van der Waals surface area contributed by atoms with E-state index in [0.717, 1.165) is 29.5 Å². The van der Waals surface area contributed by atoms with Crippen LogP contribution in [-0.4, -0.2) is 33.6 Å². The zero-order chi connectivity index (χ0) is 21.3. The van der Waals surface area contributed by atoms with Gasteiger partial charge in [0.15, 0.2) is 0 Å². The van der Waals surface area contributed by atoms with Crippen LogP contribution in [0.15, 0.2) is 23.0 Å². The van der Waals surface area contributed by atoms with Crippen molar-refractivity contribution >= 4 is 50.8 Å². The maximum Gasteiger partial charge on any atom is 0.259 e. The summed E-state index contributed by atoms with van der Waals surface area (Å²) in [5, 5.41) is 1.07. The van der Waals surface area contributed by atoms with Crippen molar-refractivity contribution in [2.45, 2.75) is 38.0 Å². The van der Waals surface area contributed by atoms with Gasteiger partial charge < -0.3 is 9.88 Å². The predicted octanol–water partition coefficient (Wildman–Crippen LogP) is 4.55. The Labute approximate surface area is 186 Å². The molecule has 1 amide bonds. The number of carbonyl (C=O) groups is 1. The van der Waals surface area contributed by atoms with Crippen LogP contribution in [0.4, 0.5) is 4.39 Å². The first kappa shape index (κ1) is 21.3. The standard InChI is InChI=1S/C21H21ClFN3O2S2/c1-26(10-13-14(22)5-3-6-15(13)23)18(27)8-9-29-11-17-24-20(28)19-12-4-2-7-16(12)30-21(19)25-17/h3,5-6H,2,4,7-11H2,1H3,(H,24,25,28). The van der Waals surface area contributed by atoms with Gasteiger partial charge in [0.2, 0.25) is 5.91 Å². The lowest BCUT2D eigenvalue weighted by Crippen LogP contribution is -2.27. The molecule has 30 heavy (non-hydrogen) atoms. The minimum absolute atomic E-state index is 0.0624. The number of aryl methyl sites for hydroxylation is 2. The molecule has 0 atom stereocenters. The Bertz CT molecular complexity index is 1140. The van der Waals surface area contributed by atoms with Crippen molar-refractivity contribution in [1.29, 1.82) is 0 Å². The molecular weight excluding hydrogens is 445 g/mol. The minimum Gasteiger partial charge on any atom is -0.341 e. The van der Waals surface area contributed by atoms with E-state index >= 15 is 0 Å². The molecule has 4 rings (SSSR count). The van der Waals surface area contributed by atoms with Gasteiger partial charge in [0.1, 0.15) is 16.5 Å². The van der Waals surface area contributed by atoms with E-state index < -0.39 is 5.82 Å². The number of aromatic amines is 1. The number of benzene rings is 1. The van der Waals surface area contributed by atoms with Gasteiger partial charge in [-0.25, -0.2) is 9.37 Å². The molecule has 0 saturated heterocycles. The summed E-state index contributed by atoms with van der Waals surface area (Å²) in [6.07, 6.45) is 3.42. The third-order valence-corrected chi connectivity index (χ3v) is 7.72. The summed E-state index contributed by atoms with van der Waals surface area (Å²) in [4.78, 5) is 35.9. The van der Waals surface area contributed by atoms with Crippen LogP contribution in [0.1, 0.15) is 34.7 Å². The molecule has 0 spiro atoms. The molecule has 1 aliphatic carbocycles. The second-order valence-electron chi connectivity index (χ2n) is 7.30. The van der Waals surface area contributed by atoms with Crippen molar-refractivity contribution in [1.82, 2.24) is 14.9 Å². The number of rotatable bonds is 7. The second-order valence-corrected chi connectivity index (χ2v) is 9.90. The quantitative estimate of drug-likeness (QED) is 0.520. The van der Waals surface area contributed by atoms with E-state index in [0.29, 0.717) is 34.3 Å². The van der Waals surface area contributed by atoms with Crippen LogP contribution in [0.3, 0.4) is 0 Å². The Morgan fingerprint density at radius 1 is 1.40 bits per heavy atom. The molecule has 1 aliphatic rings. The van der Waals surface area contributed by atoms with Gasteiger partial charge in [0, 0.05) is 41.2 Å². The molecule has 3 aromatic rings. The normalized spacial score (nSPS) is 13.0. The van der Waals surface area contributed by atoms with Gasteiger partial charge in [-0.2, -0.15) is 11.8 Å². The van der Waals surface area contributed by atoms with Crippen LogP contribution in [0.25, 0.3) is 10.2 Å². The summed E-state index contributed by atoms with van der Waals surface area (Å²) in [7, 11) is 1.64. The average molecular weight is 466 g/mol. The highest BCUT2D eigenvalue weighted by Crippen LogP contribution is 2.34. The zero-order valence-electron chi connectivity index (χ0n) is 16.5. The van der Waals surface area contributed by atoms with Crippen LogP contribution < -0.4 is 5.56 Å². The fourth-order valence-electron chi connectivity index (χ4n) is 3.64. The van der Waals surface area contributed by atoms with Crippen molar-refractivity contribution in [3.63, 3.8) is 0 Å². The molecule has 0 saturated carbocycles. The van der Waals surface area contributed by atoms with E-state index in [1.54, 1.807) is 30.5 Å². The van der Waals surface area contributed by atoms with Crippen LogP contribution in [0.2, 0.25) is 5.02 Å². The highest BCUT2D eigenvalue weighted by molar-refractivity contribution is 7.98. The molecule has 2 heterocycles. The van der Waals surface area contributed by atoms with Gasteiger partial charge in [-0.15, -0.1) is 11.3 Å². The largest absolute Gasteiger partial charge is 0.341 e. The van der Waals surface area contributed by atoms with E-state index in [-0.39, 0.29) is 18.0 Å². The Balaban J connectivity index is 1.30. The number of H-pyrrole nitrogens is 1. The molecule has 5 nitrogen and oxygen atoms in total. The summed E-state index contributed by atoms with van der Waals surface area (Å²) < 4.78 is 13.9. The summed E-state index contributed by atoms with van der Waals surface area (Å²) >= 11 is 9.19. The van der Waals surface area contributed by atoms with E-state index in [2.05, 4.69) is 9.97 Å². The molecule has 1 aromatic carbocycles.